The summed E-state index contributed by atoms with van der Waals surface area (Å²) in [5.41, 5.74) is -2.59. The summed E-state index contributed by atoms with van der Waals surface area (Å²) in [6.07, 6.45) is 2.50. The Kier molecular flexibility index (Phi) is 14.9. The predicted octanol–water partition coefficient (Wildman–Crippen LogP) is 6.63. The molecule has 67 heavy (non-hydrogen) atoms. The lowest BCUT2D eigenvalue weighted by molar-refractivity contribution is -0.235. The zero-order valence-corrected chi connectivity index (χ0v) is 42.3. The van der Waals surface area contributed by atoms with Gasteiger partial charge in [0.05, 0.1) is 26.1 Å². The first-order valence-electron chi connectivity index (χ1n) is 23.9. The van der Waals surface area contributed by atoms with Crippen LogP contribution < -0.4 is 0 Å². The van der Waals surface area contributed by atoms with E-state index in [-0.39, 0.29) is 76.9 Å². The number of carboxylic acid groups (broad SMARTS) is 1. The fourth-order valence-electron chi connectivity index (χ4n) is 14.3. The molecule has 1 aliphatic heterocycles. The first-order chi connectivity index (χ1) is 31.1. The highest BCUT2D eigenvalue weighted by Crippen LogP contribution is 2.75. The molecule has 6 rings (SSSR count). The van der Waals surface area contributed by atoms with E-state index in [1.54, 1.807) is 0 Å². The van der Waals surface area contributed by atoms with E-state index >= 15 is 4.79 Å². The van der Waals surface area contributed by atoms with Crippen molar-refractivity contribution in [2.24, 2.45) is 50.2 Å². The van der Waals surface area contributed by atoms with Crippen molar-refractivity contribution in [2.75, 3.05) is 26.5 Å². The number of hydrogen-bond acceptors (Lipinski definition) is 15. The Morgan fingerprint density at radius 3 is 1.99 bits per heavy atom. The van der Waals surface area contributed by atoms with Crippen molar-refractivity contribution in [2.45, 2.75) is 176 Å². The van der Waals surface area contributed by atoms with Gasteiger partial charge in [0.25, 0.3) is 0 Å². The van der Waals surface area contributed by atoms with Crippen LogP contribution in [0.4, 0.5) is 0 Å². The van der Waals surface area contributed by atoms with Crippen LogP contribution in [0.5, 0.6) is 0 Å². The van der Waals surface area contributed by atoms with E-state index in [1.807, 2.05) is 17.9 Å². The Morgan fingerprint density at radius 2 is 1.39 bits per heavy atom. The number of carbonyl (C=O) groups excluding carboxylic acids is 7. The normalized spacial score (nSPS) is 39.6. The number of hydrogen-bond donors (Lipinski definition) is 1. The summed E-state index contributed by atoms with van der Waals surface area (Å²) in [4.78, 5) is 107. The molecule has 5 fully saturated rings. The van der Waals surface area contributed by atoms with Gasteiger partial charge in [0, 0.05) is 51.4 Å². The van der Waals surface area contributed by atoms with Gasteiger partial charge in [-0.05, 0) is 110 Å². The Balaban J connectivity index is 1.30. The van der Waals surface area contributed by atoms with Gasteiger partial charge in [0.15, 0.2) is 30.2 Å². The molecule has 1 amide bonds. The van der Waals surface area contributed by atoms with Gasteiger partial charge < -0.3 is 38.4 Å². The molecule has 1 heterocycles. The topological polar surface area (TPSA) is 215 Å². The minimum atomic E-state index is -1.56. The lowest BCUT2D eigenvalue weighted by Gasteiger charge is -2.71. The van der Waals surface area contributed by atoms with Crippen LogP contribution in [0, 0.1) is 50.2 Å². The molecule has 0 aromatic rings. The van der Waals surface area contributed by atoms with Gasteiger partial charge in [0.2, 0.25) is 5.91 Å². The third kappa shape index (κ3) is 9.29. The summed E-state index contributed by atoms with van der Waals surface area (Å²) in [5.74, 6) is -4.83. The second-order valence-electron chi connectivity index (χ2n) is 22.1. The van der Waals surface area contributed by atoms with Gasteiger partial charge in [-0.15, -0.1) is 11.8 Å². The van der Waals surface area contributed by atoms with E-state index in [0.717, 1.165) is 77.3 Å². The second-order valence-corrected chi connectivity index (χ2v) is 23.3. The molecule has 17 heteroatoms. The molecule has 14 atom stereocenters. The van der Waals surface area contributed by atoms with Gasteiger partial charge in [-0.2, -0.15) is 0 Å². The lowest BCUT2D eigenvalue weighted by Crippen LogP contribution is -2.68. The monoisotopic (exact) mass is 959 g/mol. The van der Waals surface area contributed by atoms with Crippen LogP contribution in [0.3, 0.4) is 0 Å². The number of allylic oxidation sites excluding steroid dienone is 2. The molecule has 4 saturated carbocycles. The minimum Gasteiger partial charge on any atom is -0.481 e. The van der Waals surface area contributed by atoms with Crippen molar-refractivity contribution in [1.29, 1.82) is 0 Å². The summed E-state index contributed by atoms with van der Waals surface area (Å²) in [7, 11) is 2.39. The van der Waals surface area contributed by atoms with E-state index in [2.05, 4.69) is 41.5 Å². The first-order valence-corrected chi connectivity index (χ1v) is 24.9. The van der Waals surface area contributed by atoms with Crippen LogP contribution in [0.1, 0.15) is 140 Å². The third-order valence-electron chi connectivity index (χ3n) is 18.0. The van der Waals surface area contributed by atoms with E-state index in [1.165, 1.54) is 7.11 Å². The van der Waals surface area contributed by atoms with Crippen molar-refractivity contribution >= 4 is 59.3 Å². The van der Waals surface area contributed by atoms with Crippen LogP contribution in [-0.4, -0.2) is 120 Å². The number of ether oxygens (including phenoxy) is 6. The Morgan fingerprint density at radius 1 is 0.776 bits per heavy atom. The molecule has 0 unspecified atom stereocenters. The number of carboxylic acids is 1. The van der Waals surface area contributed by atoms with Crippen LogP contribution in [0.2, 0.25) is 0 Å². The fraction of sp³-hybridized carbons (Fsp3) is 0.800. The number of aliphatic carboxylic acids is 1. The molecule has 0 aromatic heterocycles. The number of amides is 1. The van der Waals surface area contributed by atoms with Crippen molar-refractivity contribution < 1.29 is 71.9 Å². The molecule has 0 spiro atoms. The highest BCUT2D eigenvalue weighted by Gasteiger charge is 2.71. The lowest BCUT2D eigenvalue weighted by atomic mass is 9.33. The summed E-state index contributed by atoms with van der Waals surface area (Å²) in [5, 5.41) is 10.3. The largest absolute Gasteiger partial charge is 0.481 e. The standard InChI is InChI=1S/C50H73NO15S/c1-27(52)63-37-38(64-28(2)53)40(65-29(3)54)43(66-39(37)42(58)62-12)67-24-23-51(35(56)13-14-36(57)61-11)34-16-17-48(8)33(45(34,4)5)15-18-50(10)41(48)32(55)25-30-31-26-47(7,44(59)60)20-19-46(31,6)21-22-49(30,50)9/h25,31,33-34,37-41,43H,13-24,26H2,1-12H3,(H,59,60)/t31-,33-,34-,37-,38-,39-,40+,41+,43-,46+,47-,48-,49+,50+/m0/s1. The van der Waals surface area contributed by atoms with Gasteiger partial charge in [0.1, 0.15) is 5.44 Å². The smallest absolute Gasteiger partial charge is 0.339 e. The van der Waals surface area contributed by atoms with E-state index in [4.69, 9.17) is 28.4 Å². The molecule has 0 bridgehead atoms. The van der Waals surface area contributed by atoms with Crippen LogP contribution in [-0.2, 0) is 66.8 Å². The highest BCUT2D eigenvalue weighted by molar-refractivity contribution is 7.99. The number of methoxy groups -OCH3 is 2. The van der Waals surface area contributed by atoms with Crippen LogP contribution >= 0.6 is 11.8 Å². The molecule has 16 nitrogen and oxygen atoms in total. The number of thioether (sulfide) groups is 1. The number of nitrogens with zero attached hydrogens (tertiary/aromatic N) is 1. The number of rotatable bonds is 13. The summed E-state index contributed by atoms with van der Waals surface area (Å²) < 4.78 is 32.7. The zero-order valence-electron chi connectivity index (χ0n) is 41.5. The third-order valence-corrected chi connectivity index (χ3v) is 19.1. The molecule has 1 N–H and O–H groups in total. The zero-order chi connectivity index (χ0) is 49.8. The van der Waals surface area contributed by atoms with E-state index < -0.39 is 81.9 Å². The predicted molar refractivity (Wildman–Crippen MR) is 244 cm³/mol. The Labute approximate surface area is 399 Å². The average molecular weight is 960 g/mol. The molecule has 0 radical (unpaired) electrons. The van der Waals surface area contributed by atoms with Crippen LogP contribution in [0.25, 0.3) is 0 Å². The SMILES string of the molecule is COC(=O)CCC(=O)N(CCS[C@@H]1O[C@H](C(=O)OC)[C@@H](OC(C)=O)[C@H](OC(C)=O)[C@H]1OC(C)=O)[C@H]1CC[C@]2(C)[C@H]3C(=O)C=C4[C@@H]5C[C@@](C)(C(=O)O)CC[C@]5(C)CC[C@@]4(C)[C@]3(C)CC[C@H]2C1(C)C. The summed E-state index contributed by atoms with van der Waals surface area (Å²) >= 11 is 1.12. The fourth-order valence-corrected chi connectivity index (χ4v) is 15.4. The van der Waals surface area contributed by atoms with E-state index in [0.29, 0.717) is 25.7 Å². The van der Waals surface area contributed by atoms with E-state index in [9.17, 15) is 38.7 Å². The molecule has 1 saturated heterocycles. The average Bonchev–Trinajstić information content (AvgIpc) is 3.23. The summed E-state index contributed by atoms with van der Waals surface area (Å²) in [6.45, 7) is 18.9. The Hall–Kier alpha value is -3.99. The van der Waals surface area contributed by atoms with Gasteiger partial charge in [-0.25, -0.2) is 4.79 Å². The first kappa shape index (κ1) is 52.4. The second kappa shape index (κ2) is 19.1. The Bertz CT molecular complexity index is 2050. The molecular formula is C50H73NO15S. The van der Waals surface area contributed by atoms with Gasteiger partial charge in [-0.3, -0.25) is 33.6 Å². The number of esters is 5. The number of carbonyl (C=O) groups is 8. The molecule has 0 aromatic carbocycles. The van der Waals surface area contributed by atoms with Crippen molar-refractivity contribution in [1.82, 2.24) is 4.90 Å². The van der Waals surface area contributed by atoms with Gasteiger partial charge >= 0.3 is 35.8 Å². The quantitative estimate of drug-likeness (QED) is 0.151. The molecule has 6 aliphatic rings. The van der Waals surface area contributed by atoms with Gasteiger partial charge in [-0.1, -0.05) is 47.1 Å². The maximum absolute atomic E-state index is 15.1. The number of ketones is 1. The number of fused-ring (bicyclic) bond motifs is 7. The summed E-state index contributed by atoms with van der Waals surface area (Å²) in [6, 6.07) is -0.325. The molecule has 5 aliphatic carbocycles. The maximum atomic E-state index is 15.1. The minimum absolute atomic E-state index is 0.000442. The maximum Gasteiger partial charge on any atom is 0.339 e. The van der Waals surface area contributed by atoms with Crippen LogP contribution in [0.15, 0.2) is 11.6 Å². The molecular weight excluding hydrogens is 887 g/mol. The molecule has 374 valence electrons. The highest BCUT2D eigenvalue weighted by atomic mass is 32.2. The van der Waals surface area contributed by atoms with Crippen molar-refractivity contribution in [3.63, 3.8) is 0 Å². The van der Waals surface area contributed by atoms with Crippen molar-refractivity contribution in [3.05, 3.63) is 11.6 Å². The van der Waals surface area contributed by atoms with Crippen molar-refractivity contribution in [3.8, 4) is 0 Å².